The molecular formula is C30H30O2P2. The van der Waals surface area contributed by atoms with E-state index in [2.05, 4.69) is 0 Å². The summed E-state index contributed by atoms with van der Waals surface area (Å²) in [7, 11) is -5.62. The Hall–Kier alpha value is -2.66. The second-order valence-corrected chi connectivity index (χ2v) is 15.3. The second kappa shape index (κ2) is 9.91. The first-order chi connectivity index (χ1) is 16.6. The first-order valence-electron chi connectivity index (χ1n) is 12.1. The zero-order valence-corrected chi connectivity index (χ0v) is 21.0. The molecule has 0 bridgehead atoms. The predicted octanol–water partition coefficient (Wildman–Crippen LogP) is 6.33. The van der Waals surface area contributed by atoms with Crippen molar-refractivity contribution < 1.29 is 9.13 Å². The maximum atomic E-state index is 14.8. The van der Waals surface area contributed by atoms with Crippen molar-refractivity contribution in [3.8, 4) is 0 Å². The topological polar surface area (TPSA) is 34.1 Å². The monoisotopic (exact) mass is 484 g/mol. The Morgan fingerprint density at radius 1 is 0.382 bits per heavy atom. The van der Waals surface area contributed by atoms with Crippen molar-refractivity contribution >= 4 is 35.5 Å². The van der Waals surface area contributed by atoms with Crippen LogP contribution >= 0.6 is 14.3 Å². The molecule has 1 saturated carbocycles. The predicted molar refractivity (Wildman–Crippen MR) is 146 cm³/mol. The standard InChI is InChI=1S/C30H30O2P2/c31-33(25-13-5-1-6-14-25,26-15-7-2-8-16-26)29-21-23-30(24-22-29)34(32,27-17-9-3-10-18-27)28-19-11-4-12-20-28/h1-20,29-30H,21-24H2. The van der Waals surface area contributed by atoms with Crippen LogP contribution in [0, 0.1) is 0 Å². The summed E-state index contributed by atoms with van der Waals surface area (Å²) in [4.78, 5) is 0. The lowest BCUT2D eigenvalue weighted by Gasteiger charge is -2.38. The largest absolute Gasteiger partial charge is 0.313 e. The van der Waals surface area contributed by atoms with Gasteiger partial charge in [-0.3, -0.25) is 0 Å². The van der Waals surface area contributed by atoms with E-state index in [1.165, 1.54) is 0 Å². The molecule has 1 aliphatic carbocycles. The molecule has 2 nitrogen and oxygen atoms in total. The van der Waals surface area contributed by atoms with Crippen LogP contribution in [0.5, 0.6) is 0 Å². The summed E-state index contributed by atoms with van der Waals surface area (Å²) in [5, 5.41) is 3.72. The van der Waals surface area contributed by atoms with E-state index in [1.807, 2.05) is 121 Å². The molecule has 1 aliphatic rings. The first kappa shape index (κ1) is 23.1. The third kappa shape index (κ3) is 4.15. The summed E-state index contributed by atoms with van der Waals surface area (Å²) in [6, 6.07) is 39.9. The van der Waals surface area contributed by atoms with Gasteiger partial charge < -0.3 is 9.13 Å². The van der Waals surface area contributed by atoms with Gasteiger partial charge in [0.05, 0.1) is 0 Å². The van der Waals surface area contributed by atoms with E-state index in [-0.39, 0.29) is 11.3 Å². The van der Waals surface area contributed by atoms with Gasteiger partial charge in [0.15, 0.2) is 0 Å². The summed E-state index contributed by atoms with van der Waals surface area (Å²) in [6.45, 7) is 0. The fourth-order valence-electron chi connectivity index (χ4n) is 5.52. The molecule has 0 N–H and O–H groups in total. The van der Waals surface area contributed by atoms with Crippen molar-refractivity contribution in [1.82, 2.24) is 0 Å². The molecule has 1 fully saturated rings. The minimum atomic E-state index is -2.81. The Bertz CT molecular complexity index is 1110. The number of benzene rings is 4. The molecule has 0 radical (unpaired) electrons. The maximum Gasteiger partial charge on any atom is 0.146 e. The van der Waals surface area contributed by atoms with Crippen LogP contribution in [0.25, 0.3) is 0 Å². The molecule has 0 heterocycles. The summed E-state index contributed by atoms with van der Waals surface area (Å²) >= 11 is 0. The van der Waals surface area contributed by atoms with Gasteiger partial charge in [-0.05, 0) is 25.7 Å². The third-order valence-corrected chi connectivity index (χ3v) is 14.6. The zero-order valence-electron chi connectivity index (χ0n) is 19.2. The molecule has 172 valence electrons. The Labute approximate surface area is 202 Å². The van der Waals surface area contributed by atoms with Gasteiger partial charge in [0.25, 0.3) is 0 Å². The summed E-state index contributed by atoms with van der Waals surface area (Å²) in [6.07, 6.45) is 3.26. The van der Waals surface area contributed by atoms with Crippen LogP contribution in [-0.4, -0.2) is 11.3 Å². The molecule has 0 aliphatic heterocycles. The molecular weight excluding hydrogens is 454 g/mol. The molecule has 0 saturated heterocycles. The van der Waals surface area contributed by atoms with Gasteiger partial charge in [0.1, 0.15) is 14.3 Å². The molecule has 5 rings (SSSR count). The van der Waals surface area contributed by atoms with Crippen LogP contribution < -0.4 is 21.2 Å². The van der Waals surface area contributed by atoms with Crippen molar-refractivity contribution in [2.75, 3.05) is 0 Å². The van der Waals surface area contributed by atoms with Crippen molar-refractivity contribution in [2.24, 2.45) is 0 Å². The van der Waals surface area contributed by atoms with Crippen molar-refractivity contribution in [3.63, 3.8) is 0 Å². The average Bonchev–Trinajstić information content (AvgIpc) is 2.94. The molecule has 4 heteroatoms. The first-order valence-corrected chi connectivity index (χ1v) is 15.6. The molecule has 34 heavy (non-hydrogen) atoms. The van der Waals surface area contributed by atoms with Gasteiger partial charge in [0, 0.05) is 32.5 Å². The SMILES string of the molecule is O=P(c1ccccc1)(c1ccccc1)C1CCC(P(=O)(c2ccccc2)c2ccccc2)CC1. The van der Waals surface area contributed by atoms with E-state index in [0.717, 1.165) is 46.9 Å². The van der Waals surface area contributed by atoms with Gasteiger partial charge in [-0.15, -0.1) is 0 Å². The fraction of sp³-hybridized carbons (Fsp3) is 0.200. The molecule has 0 atom stereocenters. The minimum absolute atomic E-state index is 0.0635. The van der Waals surface area contributed by atoms with Gasteiger partial charge in [-0.2, -0.15) is 0 Å². The Morgan fingerprint density at radius 3 is 0.794 bits per heavy atom. The lowest BCUT2D eigenvalue weighted by atomic mass is 9.99. The van der Waals surface area contributed by atoms with Gasteiger partial charge in [-0.1, -0.05) is 121 Å². The zero-order chi connectivity index (χ0) is 23.4. The second-order valence-electron chi connectivity index (χ2n) is 9.12. The Balaban J connectivity index is 1.49. The summed E-state index contributed by atoms with van der Waals surface area (Å²) in [5.41, 5.74) is 0.127. The average molecular weight is 485 g/mol. The van der Waals surface area contributed by atoms with E-state index in [0.29, 0.717) is 0 Å². The van der Waals surface area contributed by atoms with Crippen LogP contribution in [0.1, 0.15) is 25.7 Å². The molecule has 0 unspecified atom stereocenters. The quantitative estimate of drug-likeness (QED) is 0.300. The van der Waals surface area contributed by atoms with Crippen molar-refractivity contribution in [2.45, 2.75) is 37.0 Å². The molecule has 4 aromatic carbocycles. The van der Waals surface area contributed by atoms with Gasteiger partial charge in [-0.25, -0.2) is 0 Å². The highest BCUT2D eigenvalue weighted by molar-refractivity contribution is 7.80. The van der Waals surface area contributed by atoms with Gasteiger partial charge in [0.2, 0.25) is 0 Å². The highest BCUT2D eigenvalue weighted by Crippen LogP contribution is 2.59. The maximum absolute atomic E-state index is 14.8. The highest BCUT2D eigenvalue weighted by Gasteiger charge is 2.44. The number of rotatable bonds is 6. The molecule has 4 aromatic rings. The van der Waals surface area contributed by atoms with Crippen LogP contribution in [0.4, 0.5) is 0 Å². The van der Waals surface area contributed by atoms with E-state index < -0.39 is 14.3 Å². The van der Waals surface area contributed by atoms with Crippen LogP contribution in [0.2, 0.25) is 0 Å². The smallest absolute Gasteiger partial charge is 0.146 e. The molecule has 0 amide bonds. The Morgan fingerprint density at radius 2 is 0.588 bits per heavy atom. The van der Waals surface area contributed by atoms with Crippen molar-refractivity contribution in [1.29, 1.82) is 0 Å². The van der Waals surface area contributed by atoms with E-state index in [9.17, 15) is 9.13 Å². The van der Waals surface area contributed by atoms with Crippen LogP contribution in [-0.2, 0) is 9.13 Å². The lowest BCUT2D eigenvalue weighted by molar-refractivity contribution is 0.480. The normalized spacial score (nSPS) is 18.9. The summed E-state index contributed by atoms with van der Waals surface area (Å²) in [5.74, 6) is 0. The van der Waals surface area contributed by atoms with Gasteiger partial charge >= 0.3 is 0 Å². The van der Waals surface area contributed by atoms with E-state index >= 15 is 0 Å². The minimum Gasteiger partial charge on any atom is -0.313 e. The highest BCUT2D eigenvalue weighted by atomic mass is 31.2. The lowest BCUT2D eigenvalue weighted by Crippen LogP contribution is -2.34. The van der Waals surface area contributed by atoms with E-state index in [4.69, 9.17) is 0 Å². The van der Waals surface area contributed by atoms with Crippen molar-refractivity contribution in [3.05, 3.63) is 121 Å². The van der Waals surface area contributed by atoms with Crippen LogP contribution in [0.15, 0.2) is 121 Å². The number of hydrogen-bond acceptors (Lipinski definition) is 2. The summed E-state index contributed by atoms with van der Waals surface area (Å²) < 4.78 is 29.6. The Kier molecular flexibility index (Phi) is 6.73. The van der Waals surface area contributed by atoms with E-state index in [1.54, 1.807) is 0 Å². The third-order valence-electron chi connectivity index (χ3n) is 7.25. The fourth-order valence-corrected chi connectivity index (χ4v) is 12.3. The molecule has 0 spiro atoms. The number of hydrogen-bond donors (Lipinski definition) is 0. The van der Waals surface area contributed by atoms with Crippen LogP contribution in [0.3, 0.4) is 0 Å². The molecule has 0 aromatic heterocycles.